The van der Waals surface area contributed by atoms with E-state index in [4.69, 9.17) is 0 Å². The van der Waals surface area contributed by atoms with Crippen molar-refractivity contribution >= 4 is 28.7 Å². The van der Waals surface area contributed by atoms with Gasteiger partial charge in [0.2, 0.25) is 0 Å². The number of halogens is 1. The lowest BCUT2D eigenvalue weighted by molar-refractivity contribution is 0.254. The molecule has 0 aromatic rings. The monoisotopic (exact) mass is 110 g/mol. The number of ether oxygens (including phenoxy) is 1. The molecular formula is C2H8AlClO. The van der Waals surface area contributed by atoms with Crippen LogP contribution in [-0.4, -0.2) is 28.9 Å². The zero-order valence-corrected chi connectivity index (χ0v) is 6.34. The van der Waals surface area contributed by atoms with Gasteiger partial charge < -0.3 is 4.74 Å². The van der Waals surface area contributed by atoms with Gasteiger partial charge in [-0.15, -0.1) is 12.4 Å². The molecule has 0 radical (unpaired) electrons. The number of hydrogen-bond donors (Lipinski definition) is 0. The standard InChI is InChI=1S/C2H5O.Al.ClH.2H/c1-3-2;;;;/h1H2,2H3;;1H;;. The molecule has 0 aromatic heterocycles. The highest BCUT2D eigenvalue weighted by molar-refractivity contribution is 6.08. The highest BCUT2D eigenvalue weighted by Crippen LogP contribution is 1.45. The van der Waals surface area contributed by atoms with Gasteiger partial charge in [-0.05, 0) is 5.47 Å². The van der Waals surface area contributed by atoms with Crippen molar-refractivity contribution in [3.63, 3.8) is 0 Å². The molecule has 0 bridgehead atoms. The van der Waals surface area contributed by atoms with E-state index in [1.807, 2.05) is 0 Å². The highest BCUT2D eigenvalue weighted by Gasteiger charge is 1.54. The maximum absolute atomic E-state index is 4.60. The average Bonchev–Trinajstić information content (AvgIpc) is 1.37. The molecule has 0 atom stereocenters. The summed E-state index contributed by atoms with van der Waals surface area (Å²) in [5, 5.41) is 0. The van der Waals surface area contributed by atoms with Gasteiger partial charge in [-0.2, -0.15) is 0 Å². The summed E-state index contributed by atoms with van der Waals surface area (Å²) >= 11 is 1.17. The molecule has 0 aliphatic rings. The first-order valence-corrected chi connectivity index (χ1v) is 2.82. The topological polar surface area (TPSA) is 9.23 Å². The lowest BCUT2D eigenvalue weighted by atomic mass is 11.5. The average molecular weight is 111 g/mol. The van der Waals surface area contributed by atoms with Crippen molar-refractivity contribution < 1.29 is 4.74 Å². The number of methoxy groups -OCH3 is 1. The first-order valence-electron chi connectivity index (χ1n) is 1.40. The van der Waals surface area contributed by atoms with E-state index in [1.165, 1.54) is 16.3 Å². The van der Waals surface area contributed by atoms with Crippen LogP contribution in [0.25, 0.3) is 0 Å². The van der Waals surface area contributed by atoms with Crippen LogP contribution in [0.3, 0.4) is 0 Å². The number of rotatable bonds is 1. The smallest absolute Gasteiger partial charge is 0.253 e. The molecule has 1 nitrogen and oxygen atoms in total. The molecule has 0 saturated carbocycles. The summed E-state index contributed by atoms with van der Waals surface area (Å²) in [5.74, 6) is 0. The second kappa shape index (κ2) is 8.84. The van der Waals surface area contributed by atoms with E-state index >= 15 is 0 Å². The number of hydrogen-bond acceptors (Lipinski definition) is 1. The summed E-state index contributed by atoms with van der Waals surface area (Å²) in [6, 6.07) is 0. The Kier molecular flexibility index (Phi) is 16.3. The van der Waals surface area contributed by atoms with Crippen molar-refractivity contribution in [1.29, 1.82) is 0 Å². The van der Waals surface area contributed by atoms with Crippen LogP contribution in [0.4, 0.5) is 0 Å². The molecule has 0 aliphatic heterocycles. The van der Waals surface area contributed by atoms with Gasteiger partial charge in [-0.25, -0.2) is 0 Å². The molecule has 0 aromatic carbocycles. The van der Waals surface area contributed by atoms with Crippen LogP contribution in [-0.2, 0) is 4.74 Å². The van der Waals surface area contributed by atoms with E-state index in [2.05, 4.69) is 4.74 Å². The third-order valence-electron chi connectivity index (χ3n) is 0.289. The Morgan fingerprint density at radius 3 is 2.00 bits per heavy atom. The van der Waals surface area contributed by atoms with Crippen LogP contribution in [0.5, 0.6) is 0 Å². The zero-order valence-electron chi connectivity index (χ0n) is 3.52. The first-order chi connectivity index (χ1) is 1.91. The third-order valence-corrected chi connectivity index (χ3v) is 0.866. The fraction of sp³-hybridized carbons (Fsp3) is 1.00. The van der Waals surface area contributed by atoms with E-state index in [0.717, 1.165) is 5.47 Å². The zero-order chi connectivity index (χ0) is 3.41. The summed E-state index contributed by atoms with van der Waals surface area (Å²) in [6.45, 7) is 0. The van der Waals surface area contributed by atoms with Crippen LogP contribution >= 0.6 is 12.4 Å². The van der Waals surface area contributed by atoms with Crippen LogP contribution in [0.2, 0.25) is 0 Å². The van der Waals surface area contributed by atoms with Crippen LogP contribution < -0.4 is 0 Å². The van der Waals surface area contributed by atoms with Crippen molar-refractivity contribution in [3.8, 4) is 0 Å². The summed E-state index contributed by atoms with van der Waals surface area (Å²) in [5.41, 5.74) is 0.958. The second-order valence-electron chi connectivity index (χ2n) is 0.577. The largest absolute Gasteiger partial charge is 0.400 e. The van der Waals surface area contributed by atoms with Gasteiger partial charge in [0, 0.05) is 7.11 Å². The first kappa shape index (κ1) is 9.24. The molecule has 5 heavy (non-hydrogen) atoms. The Morgan fingerprint density at radius 1 is 1.80 bits per heavy atom. The van der Waals surface area contributed by atoms with Gasteiger partial charge in [0.1, 0.15) is 0 Å². The molecule has 32 valence electrons. The Balaban J connectivity index is 0. The van der Waals surface area contributed by atoms with Gasteiger partial charge >= 0.3 is 0 Å². The minimum absolute atomic E-state index is 0. The molecule has 0 rings (SSSR count). The molecule has 0 saturated heterocycles. The predicted octanol–water partition coefficient (Wildman–Crippen LogP) is -0.355. The molecule has 0 fully saturated rings. The van der Waals surface area contributed by atoms with E-state index in [-0.39, 0.29) is 12.4 Å². The van der Waals surface area contributed by atoms with E-state index < -0.39 is 0 Å². The molecule has 0 spiro atoms. The van der Waals surface area contributed by atoms with Crippen molar-refractivity contribution in [1.82, 2.24) is 0 Å². The molecule has 0 aliphatic carbocycles. The summed E-state index contributed by atoms with van der Waals surface area (Å²) in [6.07, 6.45) is 0. The van der Waals surface area contributed by atoms with Gasteiger partial charge in [0.05, 0.1) is 0 Å². The maximum Gasteiger partial charge on any atom is 0.253 e. The molecule has 0 heterocycles. The molecular weight excluding hydrogens is 102 g/mol. The SMILES string of the molecule is CO[CH2][AlH2].Cl. The minimum atomic E-state index is 0. The fourth-order valence-corrected chi connectivity index (χ4v) is 0. The van der Waals surface area contributed by atoms with Crippen molar-refractivity contribution in [2.24, 2.45) is 0 Å². The predicted molar refractivity (Wildman–Crippen MR) is 27.7 cm³/mol. The Labute approximate surface area is 46.5 Å². The Bertz CT molecular complexity index is 11.6. The molecule has 0 N–H and O–H groups in total. The lowest BCUT2D eigenvalue weighted by Crippen LogP contribution is -1.80. The summed E-state index contributed by atoms with van der Waals surface area (Å²) in [4.78, 5) is 0. The maximum atomic E-state index is 4.60. The van der Waals surface area contributed by atoms with Crippen LogP contribution in [0.15, 0.2) is 0 Å². The van der Waals surface area contributed by atoms with Gasteiger partial charge in [0.25, 0.3) is 16.3 Å². The quantitative estimate of drug-likeness (QED) is 0.419. The normalized spacial score (nSPS) is 5.80. The second-order valence-corrected chi connectivity index (χ2v) is 1.15. The summed E-state index contributed by atoms with van der Waals surface area (Å²) in [7, 11) is 1.72. The minimum Gasteiger partial charge on any atom is -0.400 e. The van der Waals surface area contributed by atoms with E-state index in [0.29, 0.717) is 0 Å². The van der Waals surface area contributed by atoms with Gasteiger partial charge in [0.15, 0.2) is 0 Å². The van der Waals surface area contributed by atoms with Gasteiger partial charge in [-0.1, -0.05) is 0 Å². The van der Waals surface area contributed by atoms with Crippen LogP contribution in [0, 0.1) is 0 Å². The Hall–Kier alpha value is 0.782. The van der Waals surface area contributed by atoms with E-state index in [1.54, 1.807) is 7.11 Å². The van der Waals surface area contributed by atoms with Gasteiger partial charge in [-0.3, -0.25) is 0 Å². The van der Waals surface area contributed by atoms with E-state index in [9.17, 15) is 0 Å². The van der Waals surface area contributed by atoms with Crippen molar-refractivity contribution in [2.45, 2.75) is 0 Å². The third kappa shape index (κ3) is 11.7. The highest BCUT2D eigenvalue weighted by atomic mass is 35.5. The molecule has 0 unspecified atom stereocenters. The summed E-state index contributed by atoms with van der Waals surface area (Å²) < 4.78 is 4.60. The van der Waals surface area contributed by atoms with Crippen molar-refractivity contribution in [3.05, 3.63) is 0 Å². The molecule has 3 heteroatoms. The lowest BCUT2D eigenvalue weighted by Gasteiger charge is -1.76. The van der Waals surface area contributed by atoms with Crippen molar-refractivity contribution in [2.75, 3.05) is 12.6 Å². The van der Waals surface area contributed by atoms with Crippen LogP contribution in [0.1, 0.15) is 0 Å². The Morgan fingerprint density at radius 2 is 2.00 bits per heavy atom. The molecule has 0 amide bonds. The fourth-order valence-electron chi connectivity index (χ4n) is 0.